The lowest BCUT2D eigenvalue weighted by molar-refractivity contribution is -0.141. The van der Waals surface area contributed by atoms with Crippen LogP contribution in [-0.4, -0.2) is 36.4 Å². The molecular formula is C25H20ClF3N6O3. The van der Waals surface area contributed by atoms with Crippen molar-refractivity contribution < 1.29 is 27.5 Å². The Morgan fingerprint density at radius 2 is 1.92 bits per heavy atom. The molecule has 0 saturated carbocycles. The van der Waals surface area contributed by atoms with E-state index in [0.29, 0.717) is 17.5 Å². The van der Waals surface area contributed by atoms with Crippen LogP contribution < -0.4 is 20.7 Å². The molecule has 3 aromatic rings. The Kier molecular flexibility index (Phi) is 8.54. The summed E-state index contributed by atoms with van der Waals surface area (Å²) >= 11 is 6.27. The summed E-state index contributed by atoms with van der Waals surface area (Å²) in [4.78, 5) is 28.9. The number of para-hydroxylation sites is 2. The third kappa shape index (κ3) is 6.57. The zero-order valence-electron chi connectivity index (χ0n) is 19.8. The van der Waals surface area contributed by atoms with Crippen LogP contribution in [0.5, 0.6) is 5.75 Å². The van der Waals surface area contributed by atoms with E-state index in [1.54, 1.807) is 30.3 Å². The van der Waals surface area contributed by atoms with Crippen LogP contribution in [-0.2, 0) is 6.18 Å². The molecule has 0 atom stereocenters. The lowest BCUT2D eigenvalue weighted by Crippen LogP contribution is -2.35. The number of primary amides is 1. The maximum atomic E-state index is 13.3. The number of urea groups is 1. The number of carbonyl (C=O) groups excluding carboxylic acids is 2. The average molecular weight is 545 g/mol. The number of rotatable bonds is 7. The number of amides is 3. The minimum absolute atomic E-state index is 0.0150. The Morgan fingerprint density at radius 3 is 2.58 bits per heavy atom. The number of nitriles is 1. The summed E-state index contributed by atoms with van der Waals surface area (Å²) in [5.41, 5.74) is 4.17. The van der Waals surface area contributed by atoms with Gasteiger partial charge in [0.25, 0.3) is 5.91 Å². The van der Waals surface area contributed by atoms with Crippen LogP contribution in [0.25, 0.3) is 11.1 Å². The molecule has 38 heavy (non-hydrogen) atoms. The number of alkyl halides is 3. The molecular weight excluding hydrogens is 525 g/mol. The van der Waals surface area contributed by atoms with E-state index in [2.05, 4.69) is 10.3 Å². The maximum Gasteiger partial charge on any atom is 0.433 e. The van der Waals surface area contributed by atoms with Crippen LogP contribution >= 0.6 is 11.6 Å². The number of nitrogens with one attached hydrogen (secondary N) is 2. The maximum absolute atomic E-state index is 13.3. The minimum atomic E-state index is -4.73. The predicted octanol–water partition coefficient (Wildman–Crippen LogP) is 4.98. The average Bonchev–Trinajstić information content (AvgIpc) is 2.87. The summed E-state index contributed by atoms with van der Waals surface area (Å²) in [5, 5.41) is 19.3. The molecule has 0 spiro atoms. The van der Waals surface area contributed by atoms with E-state index >= 15 is 0 Å². The second-order valence-corrected chi connectivity index (χ2v) is 8.22. The Hall–Kier alpha value is -4.63. The molecule has 0 unspecified atom stereocenters. The Labute approximate surface area is 220 Å². The summed E-state index contributed by atoms with van der Waals surface area (Å²) in [6.07, 6.45) is -3.78. The molecule has 0 saturated heterocycles. The summed E-state index contributed by atoms with van der Waals surface area (Å²) in [7, 11) is 1.50. The highest BCUT2D eigenvalue weighted by molar-refractivity contribution is 6.33. The van der Waals surface area contributed by atoms with E-state index < -0.39 is 23.8 Å². The van der Waals surface area contributed by atoms with Gasteiger partial charge < -0.3 is 15.4 Å². The second-order valence-electron chi connectivity index (χ2n) is 7.82. The number of amidine groups is 1. The molecule has 2 aromatic carbocycles. The van der Waals surface area contributed by atoms with Crippen LogP contribution in [0.15, 0.2) is 54.7 Å². The van der Waals surface area contributed by atoms with E-state index in [0.717, 1.165) is 6.20 Å². The number of anilines is 1. The van der Waals surface area contributed by atoms with E-state index in [1.807, 2.05) is 0 Å². The Morgan fingerprint density at radius 1 is 1.21 bits per heavy atom. The molecule has 9 nitrogen and oxygen atoms in total. The van der Waals surface area contributed by atoms with Crippen molar-refractivity contribution in [3.05, 3.63) is 76.6 Å². The third-order valence-electron chi connectivity index (χ3n) is 5.23. The molecule has 4 N–H and O–H groups in total. The fourth-order valence-electron chi connectivity index (χ4n) is 3.42. The minimum Gasteiger partial charge on any atom is -0.491 e. The van der Waals surface area contributed by atoms with Gasteiger partial charge in [-0.05, 0) is 36.4 Å². The summed E-state index contributed by atoms with van der Waals surface area (Å²) in [6, 6.07) is 12.3. The number of carbonyl (C=O) groups is 2. The SMILES string of the molecule is CN(C(=O)c1ccc(Cl)c(-c2cnc(C(F)(F)F)cc2C#N)c1)c1ccccc1OCCC(=N)NC(N)=O. The first kappa shape index (κ1) is 27.9. The third-order valence-corrected chi connectivity index (χ3v) is 5.56. The number of hydrogen-bond acceptors (Lipinski definition) is 6. The summed E-state index contributed by atoms with van der Waals surface area (Å²) in [5.74, 6) is -0.314. The summed E-state index contributed by atoms with van der Waals surface area (Å²) < 4.78 is 44.8. The fraction of sp³-hybridized carbons (Fsp3) is 0.160. The highest BCUT2D eigenvalue weighted by Crippen LogP contribution is 2.35. The number of nitrogens with zero attached hydrogens (tertiary/aromatic N) is 3. The van der Waals surface area contributed by atoms with E-state index in [1.165, 1.54) is 30.1 Å². The molecule has 13 heteroatoms. The van der Waals surface area contributed by atoms with Crippen molar-refractivity contribution in [1.82, 2.24) is 10.3 Å². The standard InChI is InChI=1S/C25H20ClF3N6O3/c1-35(19-4-2-3-5-20(19)38-9-8-22(31)34-24(32)37)23(36)14-6-7-18(26)16(10-14)17-13-33-21(25(27,28)29)11-15(17)12-30/h2-7,10-11,13H,8-9H2,1H3,(H4,31,32,34,37). The number of nitrogens with two attached hydrogens (primary N) is 1. The van der Waals surface area contributed by atoms with Gasteiger partial charge in [-0.1, -0.05) is 23.7 Å². The van der Waals surface area contributed by atoms with E-state index in [-0.39, 0.29) is 46.1 Å². The number of pyridine rings is 1. The topological polar surface area (TPSA) is 145 Å². The molecule has 0 aliphatic carbocycles. The van der Waals surface area contributed by atoms with Crippen LogP contribution in [0, 0.1) is 16.7 Å². The highest BCUT2D eigenvalue weighted by Gasteiger charge is 2.33. The van der Waals surface area contributed by atoms with Crippen LogP contribution in [0.4, 0.5) is 23.7 Å². The zero-order valence-corrected chi connectivity index (χ0v) is 20.5. The lowest BCUT2D eigenvalue weighted by Gasteiger charge is -2.21. The van der Waals surface area contributed by atoms with Crippen LogP contribution in [0.1, 0.15) is 28.0 Å². The van der Waals surface area contributed by atoms with Gasteiger partial charge in [-0.25, -0.2) is 4.79 Å². The molecule has 0 radical (unpaired) electrons. The van der Waals surface area contributed by atoms with Crippen molar-refractivity contribution in [3.63, 3.8) is 0 Å². The lowest BCUT2D eigenvalue weighted by atomic mass is 9.99. The number of halogens is 4. The predicted molar refractivity (Wildman–Crippen MR) is 134 cm³/mol. The fourth-order valence-corrected chi connectivity index (χ4v) is 3.64. The van der Waals surface area contributed by atoms with Gasteiger partial charge in [0.05, 0.1) is 23.9 Å². The molecule has 0 fully saturated rings. The first-order chi connectivity index (χ1) is 17.9. The van der Waals surface area contributed by atoms with Gasteiger partial charge >= 0.3 is 12.2 Å². The van der Waals surface area contributed by atoms with Gasteiger partial charge in [-0.2, -0.15) is 18.4 Å². The van der Waals surface area contributed by atoms with Gasteiger partial charge in [-0.15, -0.1) is 0 Å². The molecule has 0 aliphatic rings. The number of hydrogen-bond donors (Lipinski definition) is 3. The van der Waals surface area contributed by atoms with E-state index in [9.17, 15) is 28.0 Å². The number of ether oxygens (including phenoxy) is 1. The second kappa shape index (κ2) is 11.6. The molecule has 0 aliphatic heterocycles. The Balaban J connectivity index is 1.88. The van der Waals surface area contributed by atoms with Crippen LogP contribution in [0.3, 0.4) is 0 Å². The van der Waals surface area contributed by atoms with Gasteiger partial charge in [0, 0.05) is 41.4 Å². The number of aromatic nitrogens is 1. The van der Waals surface area contributed by atoms with Crippen molar-refractivity contribution in [3.8, 4) is 22.9 Å². The normalized spacial score (nSPS) is 10.8. The van der Waals surface area contributed by atoms with Crippen LogP contribution in [0.2, 0.25) is 5.02 Å². The summed E-state index contributed by atoms with van der Waals surface area (Å²) in [6.45, 7) is 0.0150. The van der Waals surface area contributed by atoms with Gasteiger partial charge in [0.1, 0.15) is 17.3 Å². The zero-order chi connectivity index (χ0) is 28.0. The van der Waals surface area contributed by atoms with Gasteiger partial charge in [0.15, 0.2) is 0 Å². The van der Waals surface area contributed by atoms with Crippen molar-refractivity contribution >= 4 is 35.1 Å². The smallest absolute Gasteiger partial charge is 0.433 e. The molecule has 3 rings (SSSR count). The quantitative estimate of drug-likeness (QED) is 0.283. The molecule has 0 bridgehead atoms. The number of benzene rings is 2. The first-order valence-corrected chi connectivity index (χ1v) is 11.2. The molecule has 1 heterocycles. The van der Waals surface area contributed by atoms with Gasteiger partial charge in [-0.3, -0.25) is 20.5 Å². The van der Waals surface area contributed by atoms with E-state index in [4.69, 9.17) is 27.5 Å². The first-order valence-electron chi connectivity index (χ1n) is 10.8. The Bertz CT molecular complexity index is 1440. The van der Waals surface area contributed by atoms with Crippen molar-refractivity contribution in [2.45, 2.75) is 12.6 Å². The van der Waals surface area contributed by atoms with Crippen molar-refractivity contribution in [1.29, 1.82) is 10.7 Å². The van der Waals surface area contributed by atoms with Crippen molar-refractivity contribution in [2.24, 2.45) is 5.73 Å². The monoisotopic (exact) mass is 544 g/mol. The highest BCUT2D eigenvalue weighted by atomic mass is 35.5. The van der Waals surface area contributed by atoms with Gasteiger partial charge in [0.2, 0.25) is 0 Å². The largest absolute Gasteiger partial charge is 0.491 e. The molecule has 196 valence electrons. The molecule has 3 amide bonds. The van der Waals surface area contributed by atoms with Crippen molar-refractivity contribution in [2.75, 3.05) is 18.6 Å². The molecule has 1 aromatic heterocycles.